The first-order chi connectivity index (χ1) is 7.60. The van der Waals surface area contributed by atoms with Crippen molar-refractivity contribution in [3.63, 3.8) is 0 Å². The van der Waals surface area contributed by atoms with Crippen LogP contribution in [-0.4, -0.2) is 35.7 Å². The standard InChI is InChI=1S/C10H12O5S/c1-15-9(13)4-7(12)10(14)6-2-3-16-8(6)5-11/h2-3,5,7,10,12,14H,4H2,1H3. The van der Waals surface area contributed by atoms with Crippen molar-refractivity contribution in [1.82, 2.24) is 0 Å². The van der Waals surface area contributed by atoms with Crippen LogP contribution in [0, 0.1) is 0 Å². The Bertz CT molecular complexity index is 373. The van der Waals surface area contributed by atoms with Gasteiger partial charge in [0, 0.05) is 5.56 Å². The molecule has 1 rings (SSSR count). The summed E-state index contributed by atoms with van der Waals surface area (Å²) in [5.41, 5.74) is 0.330. The minimum Gasteiger partial charge on any atom is -0.469 e. The molecule has 2 atom stereocenters. The van der Waals surface area contributed by atoms with E-state index in [0.717, 1.165) is 11.3 Å². The largest absolute Gasteiger partial charge is 0.469 e. The number of hydrogen-bond donors (Lipinski definition) is 2. The lowest BCUT2D eigenvalue weighted by Gasteiger charge is -2.16. The maximum Gasteiger partial charge on any atom is 0.308 e. The zero-order valence-electron chi connectivity index (χ0n) is 8.62. The van der Waals surface area contributed by atoms with Gasteiger partial charge in [0.25, 0.3) is 0 Å². The molecule has 5 nitrogen and oxygen atoms in total. The number of aldehydes is 1. The van der Waals surface area contributed by atoms with E-state index in [0.29, 0.717) is 16.7 Å². The molecule has 0 fully saturated rings. The van der Waals surface area contributed by atoms with Gasteiger partial charge in [0.15, 0.2) is 6.29 Å². The Morgan fingerprint density at radius 2 is 2.31 bits per heavy atom. The first-order valence-corrected chi connectivity index (χ1v) is 5.43. The van der Waals surface area contributed by atoms with Crippen LogP contribution in [0.2, 0.25) is 0 Å². The van der Waals surface area contributed by atoms with Gasteiger partial charge in [0.05, 0.1) is 24.5 Å². The lowest BCUT2D eigenvalue weighted by Crippen LogP contribution is -2.22. The molecule has 1 heterocycles. The van der Waals surface area contributed by atoms with Crippen LogP contribution in [-0.2, 0) is 9.53 Å². The summed E-state index contributed by atoms with van der Waals surface area (Å²) in [6, 6.07) is 1.54. The average Bonchev–Trinajstić information content (AvgIpc) is 2.75. The Morgan fingerprint density at radius 3 is 2.88 bits per heavy atom. The summed E-state index contributed by atoms with van der Waals surface area (Å²) >= 11 is 1.16. The topological polar surface area (TPSA) is 83.8 Å². The molecule has 0 bridgehead atoms. The molecule has 16 heavy (non-hydrogen) atoms. The third-order valence-corrected chi connectivity index (χ3v) is 2.98. The highest BCUT2D eigenvalue weighted by Gasteiger charge is 2.24. The van der Waals surface area contributed by atoms with Crippen LogP contribution in [0.4, 0.5) is 0 Å². The predicted molar refractivity (Wildman–Crippen MR) is 57.3 cm³/mol. The van der Waals surface area contributed by atoms with Crippen molar-refractivity contribution in [1.29, 1.82) is 0 Å². The fourth-order valence-corrected chi connectivity index (χ4v) is 1.99. The molecule has 88 valence electrons. The number of aliphatic hydroxyl groups is 2. The van der Waals surface area contributed by atoms with Gasteiger partial charge in [0.2, 0.25) is 0 Å². The van der Waals surface area contributed by atoms with Gasteiger partial charge in [-0.2, -0.15) is 0 Å². The lowest BCUT2D eigenvalue weighted by molar-refractivity contribution is -0.144. The van der Waals surface area contributed by atoms with Gasteiger partial charge in [-0.05, 0) is 11.4 Å². The van der Waals surface area contributed by atoms with E-state index in [1.165, 1.54) is 7.11 Å². The number of esters is 1. The maximum atomic E-state index is 10.9. The molecule has 2 unspecified atom stereocenters. The summed E-state index contributed by atoms with van der Waals surface area (Å²) in [6.45, 7) is 0. The zero-order chi connectivity index (χ0) is 12.1. The highest BCUT2D eigenvalue weighted by atomic mass is 32.1. The normalized spacial score (nSPS) is 14.2. The number of aliphatic hydroxyl groups excluding tert-OH is 2. The minimum atomic E-state index is -1.28. The van der Waals surface area contributed by atoms with Gasteiger partial charge in [-0.15, -0.1) is 11.3 Å². The number of carbonyl (C=O) groups is 2. The predicted octanol–water partition coefficient (Wildman–Crippen LogP) is 0.518. The Labute approximate surface area is 96.3 Å². The van der Waals surface area contributed by atoms with Gasteiger partial charge in [-0.3, -0.25) is 9.59 Å². The van der Waals surface area contributed by atoms with E-state index in [-0.39, 0.29) is 6.42 Å². The van der Waals surface area contributed by atoms with E-state index in [4.69, 9.17) is 0 Å². The minimum absolute atomic E-state index is 0.314. The lowest BCUT2D eigenvalue weighted by atomic mass is 10.0. The number of thiophene rings is 1. The third-order valence-electron chi connectivity index (χ3n) is 2.12. The Balaban J connectivity index is 2.73. The number of ether oxygens (including phenoxy) is 1. The summed E-state index contributed by atoms with van der Waals surface area (Å²) in [5, 5.41) is 20.9. The van der Waals surface area contributed by atoms with Crippen molar-refractivity contribution in [3.05, 3.63) is 21.9 Å². The van der Waals surface area contributed by atoms with Crippen molar-refractivity contribution >= 4 is 23.6 Å². The van der Waals surface area contributed by atoms with E-state index < -0.39 is 18.2 Å². The van der Waals surface area contributed by atoms with Crippen LogP contribution in [0.15, 0.2) is 11.4 Å². The molecule has 0 amide bonds. The average molecular weight is 244 g/mol. The van der Waals surface area contributed by atoms with Gasteiger partial charge in [-0.25, -0.2) is 0 Å². The number of methoxy groups -OCH3 is 1. The summed E-state index contributed by atoms with van der Waals surface area (Å²) in [7, 11) is 1.20. The molecule has 0 aromatic carbocycles. The van der Waals surface area contributed by atoms with Gasteiger partial charge in [0.1, 0.15) is 6.10 Å². The summed E-state index contributed by atoms with van der Waals surface area (Å²) < 4.78 is 4.37. The van der Waals surface area contributed by atoms with Gasteiger partial charge in [-0.1, -0.05) is 0 Å². The molecule has 0 saturated carbocycles. The molecular weight excluding hydrogens is 232 g/mol. The molecular formula is C10H12O5S. The third kappa shape index (κ3) is 2.88. The fourth-order valence-electron chi connectivity index (χ4n) is 1.24. The molecule has 0 aliphatic rings. The summed E-state index contributed by atoms with van der Waals surface area (Å²) in [5.74, 6) is -0.616. The molecule has 0 radical (unpaired) electrons. The van der Waals surface area contributed by atoms with Crippen molar-refractivity contribution in [2.75, 3.05) is 7.11 Å². The molecule has 0 aliphatic heterocycles. The van der Waals surface area contributed by atoms with Crippen LogP contribution < -0.4 is 0 Å². The van der Waals surface area contributed by atoms with Crippen LogP contribution in [0.1, 0.15) is 27.8 Å². The Hall–Kier alpha value is -1.24. The van der Waals surface area contributed by atoms with Crippen molar-refractivity contribution in [3.8, 4) is 0 Å². The van der Waals surface area contributed by atoms with Crippen LogP contribution in [0.5, 0.6) is 0 Å². The SMILES string of the molecule is COC(=O)CC(O)C(O)c1ccsc1C=O. The summed E-state index contributed by atoms with van der Waals surface area (Å²) in [4.78, 5) is 21.9. The van der Waals surface area contributed by atoms with Crippen LogP contribution in [0.3, 0.4) is 0 Å². The maximum absolute atomic E-state index is 10.9. The quantitative estimate of drug-likeness (QED) is 0.582. The van der Waals surface area contributed by atoms with Gasteiger partial charge >= 0.3 is 5.97 Å². The first kappa shape index (κ1) is 12.8. The van der Waals surface area contributed by atoms with Crippen LogP contribution in [0.25, 0.3) is 0 Å². The fraction of sp³-hybridized carbons (Fsp3) is 0.400. The summed E-state index contributed by atoms with van der Waals surface area (Å²) in [6.07, 6.45) is -2.24. The number of carbonyl (C=O) groups excluding carboxylic acids is 2. The second kappa shape index (κ2) is 5.74. The molecule has 0 spiro atoms. The smallest absolute Gasteiger partial charge is 0.308 e. The molecule has 0 saturated heterocycles. The van der Waals surface area contributed by atoms with Gasteiger partial charge < -0.3 is 14.9 Å². The van der Waals surface area contributed by atoms with E-state index in [1.807, 2.05) is 0 Å². The highest BCUT2D eigenvalue weighted by molar-refractivity contribution is 7.11. The van der Waals surface area contributed by atoms with Crippen molar-refractivity contribution in [2.45, 2.75) is 18.6 Å². The van der Waals surface area contributed by atoms with E-state index in [2.05, 4.69) is 4.74 Å². The van der Waals surface area contributed by atoms with E-state index in [1.54, 1.807) is 11.4 Å². The first-order valence-electron chi connectivity index (χ1n) is 4.55. The van der Waals surface area contributed by atoms with Crippen LogP contribution >= 0.6 is 11.3 Å². The highest BCUT2D eigenvalue weighted by Crippen LogP contribution is 2.25. The van der Waals surface area contributed by atoms with Crippen molar-refractivity contribution < 1.29 is 24.5 Å². The zero-order valence-corrected chi connectivity index (χ0v) is 9.44. The molecule has 1 aromatic heterocycles. The Morgan fingerprint density at radius 1 is 1.62 bits per heavy atom. The molecule has 1 aromatic rings. The second-order valence-corrected chi connectivity index (χ2v) is 4.10. The number of hydrogen-bond acceptors (Lipinski definition) is 6. The van der Waals surface area contributed by atoms with E-state index >= 15 is 0 Å². The second-order valence-electron chi connectivity index (χ2n) is 3.15. The van der Waals surface area contributed by atoms with E-state index in [9.17, 15) is 19.8 Å². The monoisotopic (exact) mass is 244 g/mol. The molecule has 0 aliphatic carbocycles. The molecule has 2 N–H and O–H groups in total. The Kier molecular flexibility index (Phi) is 4.60. The molecule has 6 heteroatoms. The van der Waals surface area contributed by atoms with Crippen molar-refractivity contribution in [2.24, 2.45) is 0 Å². The number of rotatable bonds is 5.